The van der Waals surface area contributed by atoms with Gasteiger partial charge in [-0.1, -0.05) is 106 Å². The Balaban J connectivity index is 0.000000171. The van der Waals surface area contributed by atoms with Crippen LogP contribution >= 0.6 is 22.9 Å². The van der Waals surface area contributed by atoms with Crippen molar-refractivity contribution in [3.8, 4) is 0 Å². The minimum Gasteiger partial charge on any atom is -0.452 e. The molecule has 0 aliphatic rings. The van der Waals surface area contributed by atoms with E-state index in [9.17, 15) is 0 Å². The van der Waals surface area contributed by atoms with Gasteiger partial charge in [0.25, 0.3) is 0 Å². The third-order valence-electron chi connectivity index (χ3n) is 17.5. The van der Waals surface area contributed by atoms with Crippen molar-refractivity contribution in [1.82, 2.24) is 180 Å². The first-order chi connectivity index (χ1) is 70.4. The zero-order valence-electron chi connectivity index (χ0n) is 81.1. The second-order valence-corrected chi connectivity index (χ2v) is 30.3. The third kappa shape index (κ3) is 44.0. The second kappa shape index (κ2) is 64.9. The highest BCUT2D eigenvalue weighted by molar-refractivity contribution is 7.07. The van der Waals surface area contributed by atoms with Crippen LogP contribution in [0.25, 0.3) is 87.9 Å². The van der Waals surface area contributed by atoms with Crippen LogP contribution in [0.1, 0.15) is 69.0 Å². The smallest absolute Gasteiger partial charge is 0.181 e. The number of aromatic nitrogens is 36. The topological polar surface area (TPSA) is 504 Å². The number of hydrogen-bond donors (Lipinski definition) is 3. The van der Waals surface area contributed by atoms with Crippen molar-refractivity contribution in [1.29, 1.82) is 0 Å². The standard InChI is InChI=1S/5C9H8N2.C8H8N2.C7H6N4.C6H6N4.3C5H6N2.2C4H6N2.2C3H3NO.2C3H3NS.C2H2N2O/c1-7-4-5-8-3-2-6-10-9(8)11-7;1-7-10-6-8-4-2-3-5-9(8)11-7;1-7-9-5-3-2-4-8(9)6-10-11-7;1-7-6-10-8-4-2-3-5-9(8)11-7;1-7-6-8-4-2-3-5-9(8)11-10-7;1-6-7-4-2-3-5-8(7)10-9-6;1-5-10-4-6-7(11-5)9-3-2-8-6;1-4-9-5-2-7-3-8-6(5)10-4;1-5-4-6-2-3-7-5;1-5-6-3-2-4-7-5;1-5-3-2-4-6-7-5;1-6-3-2-5-4-6;1-4-5-2-3-6-4;1-2-5-3-4-1;1-2-4-5-3-1;1-2-5-3-4-1;2*1-2-4-5-3-1/h5*2-6H,1H3;2-5H,1H3,(H,9,10);2-4H,1H3;2-3H,1H3,(H,7,8,9,10);3*2-4H,1H3;2-4H,1H3;2-3H,1H3,(H,5,6);4*1-3H;1-2H. The van der Waals surface area contributed by atoms with Gasteiger partial charge in [0.05, 0.1) is 111 Å². The molecule has 0 saturated carbocycles. The maximum atomic E-state index is 4.47. The van der Waals surface area contributed by atoms with Crippen molar-refractivity contribution in [2.24, 2.45) is 7.05 Å². The van der Waals surface area contributed by atoms with Gasteiger partial charge in [-0.3, -0.25) is 25.0 Å². The Morgan fingerprint density at radius 1 is 0.347 bits per heavy atom. The fourth-order valence-corrected chi connectivity index (χ4v) is 11.6. The van der Waals surface area contributed by atoms with Crippen LogP contribution in [0, 0.1) is 83.1 Å². The molecule has 726 valence electrons. The fraction of sp³-hybridized carbons (Fsp3) is 0.126. The highest BCUT2D eigenvalue weighted by Gasteiger charge is 2.02. The molecule has 0 atom stereocenters. The Morgan fingerprint density at radius 2 is 1.06 bits per heavy atom. The van der Waals surface area contributed by atoms with Gasteiger partial charge >= 0.3 is 0 Å². The molecule has 0 radical (unpaired) electrons. The van der Waals surface area contributed by atoms with Crippen LogP contribution in [0.2, 0.25) is 0 Å². The highest BCUT2D eigenvalue weighted by atomic mass is 32.1. The maximum absolute atomic E-state index is 4.47. The third-order valence-corrected chi connectivity index (χ3v) is 18.5. The monoisotopic (exact) mass is 1960 g/mol. The number of fused-ring (bicyclic) bond motifs is 8. The molecule has 0 fully saturated rings. The molecule has 0 unspecified atom stereocenters. The van der Waals surface area contributed by atoms with Crippen LogP contribution in [0.5, 0.6) is 0 Å². The van der Waals surface area contributed by atoms with Crippen LogP contribution in [0.4, 0.5) is 0 Å². The highest BCUT2D eigenvalue weighted by Crippen LogP contribution is 2.17. The van der Waals surface area contributed by atoms with Gasteiger partial charge < -0.3 is 23.5 Å². The first-order valence-electron chi connectivity index (χ1n) is 43.9. The van der Waals surface area contributed by atoms with E-state index in [1.54, 1.807) is 159 Å². The predicted octanol–water partition coefficient (Wildman–Crippen LogP) is 20.2. The Hall–Kier alpha value is -19.1. The van der Waals surface area contributed by atoms with Gasteiger partial charge in [0.1, 0.15) is 59.0 Å². The average Bonchev–Trinajstić information content (AvgIpc) is 1.68. The summed E-state index contributed by atoms with van der Waals surface area (Å²) >= 11 is 3.06. The number of pyridine rings is 2. The van der Waals surface area contributed by atoms with E-state index in [0.29, 0.717) is 5.65 Å². The number of aromatic amines is 3. The Bertz CT molecular complexity index is 6860. The number of hydrogen-bond acceptors (Lipinski definition) is 37. The van der Waals surface area contributed by atoms with Crippen molar-refractivity contribution < 1.29 is 13.6 Å². The summed E-state index contributed by atoms with van der Waals surface area (Å²) in [7, 11) is 1.94. The molecule has 5 aromatic carbocycles. The van der Waals surface area contributed by atoms with Crippen molar-refractivity contribution in [3.05, 3.63) is 448 Å². The van der Waals surface area contributed by atoms with Gasteiger partial charge in [-0.25, -0.2) is 93.7 Å². The lowest BCUT2D eigenvalue weighted by molar-refractivity contribution is 0.307. The molecule has 0 amide bonds. The van der Waals surface area contributed by atoms with Crippen LogP contribution in [0.15, 0.2) is 392 Å². The van der Waals surface area contributed by atoms with Gasteiger partial charge in [0.15, 0.2) is 23.3 Å². The minimum absolute atomic E-state index is 0.653. The molecule has 26 rings (SSSR count). The number of nitrogens with zero attached hydrogens (tertiary/aromatic N) is 33. The van der Waals surface area contributed by atoms with Gasteiger partial charge in [-0.15, -0.1) is 11.3 Å². The summed E-state index contributed by atoms with van der Waals surface area (Å²) in [6.07, 6.45) is 48.4. The van der Waals surface area contributed by atoms with E-state index in [2.05, 4.69) is 201 Å². The van der Waals surface area contributed by atoms with Crippen molar-refractivity contribution in [3.63, 3.8) is 0 Å². The zero-order chi connectivity index (χ0) is 102. The molecular weight excluding hydrogens is 1850 g/mol. The number of benzene rings is 5. The Kier molecular flexibility index (Phi) is 48.9. The van der Waals surface area contributed by atoms with Gasteiger partial charge in [-0.05, 0) is 186 Å². The molecule has 41 heteroatoms. The summed E-state index contributed by atoms with van der Waals surface area (Å²) in [4.78, 5) is 89.7. The van der Waals surface area contributed by atoms with Gasteiger partial charge in [0.2, 0.25) is 0 Å². The second-order valence-electron chi connectivity index (χ2n) is 28.9. The molecule has 39 nitrogen and oxygen atoms in total. The number of thiazole rings is 1. The normalized spacial score (nSPS) is 9.56. The first kappa shape index (κ1) is 109. The van der Waals surface area contributed by atoms with E-state index < -0.39 is 0 Å². The quantitative estimate of drug-likeness (QED) is 0.127. The van der Waals surface area contributed by atoms with E-state index in [1.165, 1.54) is 59.9 Å². The van der Waals surface area contributed by atoms with E-state index in [4.69, 9.17) is 0 Å². The SMILES string of the molecule is Cc1[nH]nc2ccccc12.Cc1cc2ccccc2nn1.Cc1ccc2cccnc2n1.Cc1cccnn1.Cc1cnc2ccccc2n1.Cc1cnccn1.Cc1nc2ncncc2[nH]1.Cc1ncc2ccccc2n1.Cc1ncc2nccnc2n1.Cc1ncc[nH]1.Cc1ncccn1.Cc1nncc2ccccc12.Cn1ccnc1.c1cnoc1.c1cnon1.c1cnsc1.c1cocn1.c1cscn1. The molecule has 3 N–H and O–H groups in total. The van der Waals surface area contributed by atoms with Crippen molar-refractivity contribution >= 4 is 111 Å². The molecule has 21 heterocycles. The van der Waals surface area contributed by atoms with E-state index in [0.717, 1.165) is 140 Å². The summed E-state index contributed by atoms with van der Waals surface area (Å²) in [6.45, 7) is 23.1. The number of nitrogens with one attached hydrogen (secondary N) is 3. The maximum Gasteiger partial charge on any atom is 0.181 e. The number of H-pyrrole nitrogens is 3. The Labute approximate surface area is 836 Å². The van der Waals surface area contributed by atoms with Crippen molar-refractivity contribution in [2.45, 2.75) is 83.1 Å². The largest absolute Gasteiger partial charge is 0.452 e. The fourth-order valence-electron chi connectivity index (χ4n) is 10.9. The molecule has 0 saturated heterocycles. The van der Waals surface area contributed by atoms with Crippen molar-refractivity contribution in [2.75, 3.05) is 0 Å². The molecule has 0 spiro atoms. The summed E-state index contributed by atoms with van der Waals surface area (Å²) in [5, 5.41) is 50.8. The van der Waals surface area contributed by atoms with Gasteiger partial charge in [0, 0.05) is 167 Å². The predicted molar refractivity (Wildman–Crippen MR) is 557 cm³/mol. The van der Waals surface area contributed by atoms with E-state index in [-0.39, 0.29) is 0 Å². The lowest BCUT2D eigenvalue weighted by Gasteiger charge is -1.96. The van der Waals surface area contributed by atoms with Crippen LogP contribution < -0.4 is 0 Å². The lowest BCUT2D eigenvalue weighted by Crippen LogP contribution is -1.91. The van der Waals surface area contributed by atoms with E-state index >= 15 is 0 Å². The Morgan fingerprint density at radius 3 is 1.62 bits per heavy atom. The number of imidazole rings is 3. The molecule has 0 aliphatic carbocycles. The molecule has 0 bridgehead atoms. The molecule has 0 aliphatic heterocycles. The first-order valence-corrected chi connectivity index (χ1v) is 45.6. The van der Waals surface area contributed by atoms with E-state index in [1.807, 2.05) is 276 Å². The number of aryl methyl sites for hydroxylation is 13. The summed E-state index contributed by atoms with van der Waals surface area (Å²) in [5.41, 5.74) is 17.5. The molecular formula is C103H104N36O3S2. The summed E-state index contributed by atoms with van der Waals surface area (Å²) in [5.74, 6) is 4.20. The van der Waals surface area contributed by atoms with Crippen LogP contribution in [-0.2, 0) is 7.05 Å². The van der Waals surface area contributed by atoms with Crippen LogP contribution in [0.3, 0.4) is 0 Å². The zero-order valence-corrected chi connectivity index (χ0v) is 82.7. The minimum atomic E-state index is 0.653. The summed E-state index contributed by atoms with van der Waals surface area (Å²) in [6, 6.07) is 59.2. The van der Waals surface area contributed by atoms with Crippen LogP contribution in [-0.4, -0.2) is 180 Å². The number of oxazole rings is 1. The lowest BCUT2D eigenvalue weighted by atomic mass is 10.1. The number of rotatable bonds is 0. The molecule has 26 aromatic rings. The van der Waals surface area contributed by atoms with Gasteiger partial charge in [-0.2, -0.15) is 35.7 Å². The average molecular weight is 1960 g/mol. The molecule has 21 aromatic heterocycles. The molecule has 144 heavy (non-hydrogen) atoms. The summed E-state index contributed by atoms with van der Waals surface area (Å²) < 4.78 is 18.5. The number of para-hydroxylation sites is 4.